The van der Waals surface area contributed by atoms with Crippen molar-refractivity contribution in [2.24, 2.45) is 11.3 Å². The Morgan fingerprint density at radius 3 is 2.46 bits per heavy atom. The van der Waals surface area contributed by atoms with Gasteiger partial charge in [-0.3, -0.25) is 14.9 Å². The molecular formula is C16H19ClFNO5. The number of rotatable bonds is 6. The number of esters is 1. The summed E-state index contributed by atoms with van der Waals surface area (Å²) in [6, 6.07) is 2.84. The van der Waals surface area contributed by atoms with E-state index in [1.54, 1.807) is 0 Å². The fourth-order valence-corrected chi connectivity index (χ4v) is 3.90. The van der Waals surface area contributed by atoms with Crippen LogP contribution in [0, 0.1) is 27.3 Å². The Kier molecular flexibility index (Phi) is 4.88. The standard InChI is InChI=1S/C16H19ClFNO5/c1-9(2)15(6-7-15)16(17,14(21)24-3)13(20)11-5-4-10(19(22)23)8-12(11)18/h4-5,8-9,13,20H,6-7H2,1-3H3/t13-,16+/m0/s1. The number of aliphatic hydroxyl groups is 1. The molecule has 1 saturated carbocycles. The fraction of sp³-hybridized carbons (Fsp3) is 0.562. The van der Waals surface area contributed by atoms with Crippen molar-refractivity contribution >= 4 is 23.3 Å². The van der Waals surface area contributed by atoms with Gasteiger partial charge in [0.15, 0.2) is 4.87 Å². The monoisotopic (exact) mass is 359 g/mol. The summed E-state index contributed by atoms with van der Waals surface area (Å²) in [5.74, 6) is -1.89. The van der Waals surface area contributed by atoms with E-state index in [9.17, 15) is 24.4 Å². The minimum absolute atomic E-state index is 0.0511. The smallest absolute Gasteiger partial charge is 0.330 e. The van der Waals surface area contributed by atoms with Crippen molar-refractivity contribution in [2.45, 2.75) is 37.7 Å². The number of ether oxygens (including phenoxy) is 1. The number of alkyl halides is 1. The summed E-state index contributed by atoms with van der Waals surface area (Å²) in [4.78, 5) is 20.5. The maximum Gasteiger partial charge on any atom is 0.330 e. The van der Waals surface area contributed by atoms with Gasteiger partial charge < -0.3 is 9.84 Å². The van der Waals surface area contributed by atoms with Crippen molar-refractivity contribution in [2.75, 3.05) is 7.11 Å². The molecule has 1 aliphatic rings. The van der Waals surface area contributed by atoms with Crippen molar-refractivity contribution in [1.82, 2.24) is 0 Å². The number of nitro groups is 1. The van der Waals surface area contributed by atoms with E-state index in [2.05, 4.69) is 0 Å². The molecule has 2 rings (SSSR count). The average molecular weight is 360 g/mol. The third-order valence-electron chi connectivity index (χ3n) is 4.97. The molecule has 0 saturated heterocycles. The summed E-state index contributed by atoms with van der Waals surface area (Å²) in [6.07, 6.45) is -0.513. The van der Waals surface area contributed by atoms with Gasteiger partial charge in [0.05, 0.1) is 18.1 Å². The molecule has 1 N–H and O–H groups in total. The zero-order valence-electron chi connectivity index (χ0n) is 13.6. The number of hydrogen-bond acceptors (Lipinski definition) is 5. The Hall–Kier alpha value is -1.73. The van der Waals surface area contributed by atoms with Crippen molar-refractivity contribution in [3.8, 4) is 0 Å². The van der Waals surface area contributed by atoms with Gasteiger partial charge in [0.1, 0.15) is 11.9 Å². The van der Waals surface area contributed by atoms with Gasteiger partial charge in [-0.05, 0) is 24.8 Å². The number of non-ortho nitro benzene ring substituents is 1. The largest absolute Gasteiger partial charge is 0.468 e. The van der Waals surface area contributed by atoms with Crippen LogP contribution in [-0.2, 0) is 9.53 Å². The molecule has 1 aromatic rings. The summed E-state index contributed by atoms with van der Waals surface area (Å²) < 4.78 is 19.1. The molecule has 0 aliphatic heterocycles. The van der Waals surface area contributed by atoms with Gasteiger partial charge in [-0.25, -0.2) is 4.39 Å². The Labute approximate surface area is 143 Å². The highest BCUT2D eigenvalue weighted by atomic mass is 35.5. The molecule has 0 unspecified atom stereocenters. The Morgan fingerprint density at radius 1 is 1.50 bits per heavy atom. The molecule has 0 amide bonds. The minimum atomic E-state index is -1.87. The predicted molar refractivity (Wildman–Crippen MR) is 85.1 cm³/mol. The summed E-state index contributed by atoms with van der Waals surface area (Å²) >= 11 is 6.57. The van der Waals surface area contributed by atoms with E-state index in [4.69, 9.17) is 16.3 Å². The number of nitro benzene ring substituents is 1. The Balaban J connectivity index is 2.52. The van der Waals surface area contributed by atoms with E-state index in [1.165, 1.54) is 0 Å². The molecule has 1 aromatic carbocycles. The first-order valence-electron chi connectivity index (χ1n) is 7.51. The van der Waals surface area contributed by atoms with Crippen LogP contribution in [0.15, 0.2) is 18.2 Å². The van der Waals surface area contributed by atoms with Crippen LogP contribution >= 0.6 is 11.6 Å². The van der Waals surface area contributed by atoms with E-state index in [0.717, 1.165) is 19.2 Å². The summed E-state index contributed by atoms with van der Waals surface area (Å²) in [6.45, 7) is 3.73. The number of aliphatic hydroxyl groups excluding tert-OH is 1. The van der Waals surface area contributed by atoms with E-state index >= 15 is 0 Å². The summed E-state index contributed by atoms with van der Waals surface area (Å²) in [5.41, 5.74) is -1.45. The lowest BCUT2D eigenvalue weighted by Gasteiger charge is -2.39. The Morgan fingerprint density at radius 2 is 2.08 bits per heavy atom. The molecule has 8 heteroatoms. The molecule has 132 valence electrons. The first kappa shape index (κ1) is 18.6. The van der Waals surface area contributed by atoms with Crippen LogP contribution in [0.3, 0.4) is 0 Å². The molecule has 2 atom stereocenters. The summed E-state index contributed by atoms with van der Waals surface area (Å²) in [7, 11) is 1.15. The van der Waals surface area contributed by atoms with Crippen LogP contribution in [0.1, 0.15) is 38.4 Å². The quantitative estimate of drug-likeness (QED) is 0.364. The van der Waals surface area contributed by atoms with Crippen LogP contribution in [0.2, 0.25) is 0 Å². The molecule has 6 nitrogen and oxygen atoms in total. The maximum absolute atomic E-state index is 14.3. The molecule has 0 radical (unpaired) electrons. The first-order chi connectivity index (χ1) is 11.1. The fourth-order valence-electron chi connectivity index (χ4n) is 3.30. The van der Waals surface area contributed by atoms with Gasteiger partial charge in [-0.2, -0.15) is 0 Å². The molecule has 0 spiro atoms. The number of nitrogens with zero attached hydrogens (tertiary/aromatic N) is 1. The van der Waals surface area contributed by atoms with Crippen LogP contribution in [0.5, 0.6) is 0 Å². The van der Waals surface area contributed by atoms with Crippen molar-refractivity contribution in [3.05, 3.63) is 39.7 Å². The van der Waals surface area contributed by atoms with Gasteiger partial charge in [0, 0.05) is 17.0 Å². The number of methoxy groups -OCH3 is 1. The van der Waals surface area contributed by atoms with Crippen LogP contribution < -0.4 is 0 Å². The zero-order chi connectivity index (χ0) is 18.3. The van der Waals surface area contributed by atoms with E-state index in [-0.39, 0.29) is 11.5 Å². The minimum Gasteiger partial charge on any atom is -0.468 e. The lowest BCUT2D eigenvalue weighted by atomic mass is 9.74. The molecular weight excluding hydrogens is 341 g/mol. The van der Waals surface area contributed by atoms with Crippen molar-refractivity contribution < 1.29 is 24.0 Å². The predicted octanol–water partition coefficient (Wildman–Crippen LogP) is 3.35. The van der Waals surface area contributed by atoms with Crippen LogP contribution in [0.4, 0.5) is 10.1 Å². The molecule has 0 aromatic heterocycles. The van der Waals surface area contributed by atoms with Gasteiger partial charge in [0.25, 0.3) is 5.69 Å². The highest BCUT2D eigenvalue weighted by Crippen LogP contribution is 2.65. The lowest BCUT2D eigenvalue weighted by molar-refractivity contribution is -0.385. The van der Waals surface area contributed by atoms with Gasteiger partial charge in [0.2, 0.25) is 0 Å². The third kappa shape index (κ3) is 2.65. The molecule has 24 heavy (non-hydrogen) atoms. The molecule has 0 heterocycles. The molecule has 1 aliphatic carbocycles. The topological polar surface area (TPSA) is 89.7 Å². The van der Waals surface area contributed by atoms with Crippen molar-refractivity contribution in [1.29, 1.82) is 0 Å². The van der Waals surface area contributed by atoms with E-state index in [0.29, 0.717) is 18.9 Å². The average Bonchev–Trinajstić information content (AvgIpc) is 3.34. The van der Waals surface area contributed by atoms with Gasteiger partial charge >= 0.3 is 5.97 Å². The van der Waals surface area contributed by atoms with Crippen LogP contribution in [-0.4, -0.2) is 28.0 Å². The van der Waals surface area contributed by atoms with E-state index < -0.39 is 38.8 Å². The number of halogens is 2. The molecule has 1 fully saturated rings. The second kappa shape index (κ2) is 6.29. The lowest BCUT2D eigenvalue weighted by Crippen LogP contribution is -2.50. The number of carbonyl (C=O) groups excluding carboxylic acids is 1. The van der Waals surface area contributed by atoms with Crippen molar-refractivity contribution in [3.63, 3.8) is 0 Å². The first-order valence-corrected chi connectivity index (χ1v) is 7.89. The third-order valence-corrected chi connectivity index (χ3v) is 5.70. The van der Waals surface area contributed by atoms with Gasteiger partial charge in [-0.15, -0.1) is 11.6 Å². The SMILES string of the molecule is COC(=O)[C@](Cl)([C@@H](O)c1ccc([N+](=O)[O-])cc1F)C1(C(C)C)CC1. The number of hydrogen-bond donors (Lipinski definition) is 1. The Bertz CT molecular complexity index is 676. The van der Waals surface area contributed by atoms with Gasteiger partial charge in [-0.1, -0.05) is 13.8 Å². The number of carbonyl (C=O) groups is 1. The highest BCUT2D eigenvalue weighted by molar-refractivity contribution is 6.35. The number of benzene rings is 1. The maximum atomic E-state index is 14.3. The second-order valence-corrected chi connectivity index (χ2v) is 6.98. The zero-order valence-corrected chi connectivity index (χ0v) is 14.3. The molecule has 0 bridgehead atoms. The van der Waals surface area contributed by atoms with Crippen LogP contribution in [0.25, 0.3) is 0 Å². The second-order valence-electron chi connectivity index (χ2n) is 6.38. The summed E-state index contributed by atoms with van der Waals surface area (Å²) in [5, 5.41) is 21.5. The van der Waals surface area contributed by atoms with E-state index in [1.807, 2.05) is 13.8 Å². The highest BCUT2D eigenvalue weighted by Gasteiger charge is 2.68. The normalized spacial score (nSPS) is 19.5.